The molecule has 0 aliphatic heterocycles. The minimum Gasteiger partial charge on any atom is -0.375 e. The van der Waals surface area contributed by atoms with Gasteiger partial charge in [-0.2, -0.15) is 0 Å². The van der Waals surface area contributed by atoms with E-state index in [2.05, 4.69) is 15.3 Å². The van der Waals surface area contributed by atoms with Gasteiger partial charge in [0, 0.05) is 11.9 Å². The molecule has 0 radical (unpaired) electrons. The average Bonchev–Trinajstić information content (AvgIpc) is 3.14. The number of fused-ring (bicyclic) bond motifs is 2. The van der Waals surface area contributed by atoms with Crippen molar-refractivity contribution >= 4 is 33.4 Å². The van der Waals surface area contributed by atoms with Crippen LogP contribution in [0.3, 0.4) is 0 Å². The van der Waals surface area contributed by atoms with Gasteiger partial charge in [-0.3, -0.25) is 4.79 Å². The zero-order valence-corrected chi connectivity index (χ0v) is 15.1. The summed E-state index contributed by atoms with van der Waals surface area (Å²) >= 11 is 1.50. The highest BCUT2D eigenvalue weighted by Crippen LogP contribution is 2.36. The Bertz CT molecular complexity index is 944. The molecule has 2 heterocycles. The topological polar surface area (TPSA) is 85.8 Å². The van der Waals surface area contributed by atoms with Crippen LogP contribution in [-0.2, 0) is 18.3 Å². The van der Waals surface area contributed by atoms with E-state index < -0.39 is 0 Å². The molecular weight excluding hydrogens is 334 g/mol. The van der Waals surface area contributed by atoms with Gasteiger partial charge in [-0.1, -0.05) is 12.1 Å². The van der Waals surface area contributed by atoms with E-state index in [0.717, 1.165) is 46.7 Å². The van der Waals surface area contributed by atoms with Gasteiger partial charge < -0.3 is 15.6 Å². The van der Waals surface area contributed by atoms with Gasteiger partial charge in [0.15, 0.2) is 5.13 Å². The number of imidazole rings is 1. The average molecular weight is 355 g/mol. The normalized spacial score (nSPS) is 18.1. The van der Waals surface area contributed by atoms with Crippen LogP contribution < -0.4 is 11.1 Å². The van der Waals surface area contributed by atoms with Crippen LogP contribution in [0.5, 0.6) is 0 Å². The molecule has 25 heavy (non-hydrogen) atoms. The Morgan fingerprint density at radius 1 is 1.40 bits per heavy atom. The third-order valence-electron chi connectivity index (χ3n) is 4.86. The second-order valence-electron chi connectivity index (χ2n) is 6.55. The number of nitrogens with one attached hydrogen (secondary N) is 1. The molecule has 1 aliphatic rings. The number of hydrogen-bond acceptors (Lipinski definition) is 5. The zero-order valence-electron chi connectivity index (χ0n) is 14.3. The molecular formula is C18H21N5OS. The summed E-state index contributed by atoms with van der Waals surface area (Å²) in [6.45, 7) is 1.97. The van der Waals surface area contributed by atoms with Crippen LogP contribution in [-0.4, -0.2) is 20.4 Å². The van der Waals surface area contributed by atoms with Crippen LogP contribution in [0.15, 0.2) is 24.3 Å². The number of benzene rings is 1. The second kappa shape index (κ2) is 6.15. The van der Waals surface area contributed by atoms with Crippen molar-refractivity contribution in [1.29, 1.82) is 0 Å². The van der Waals surface area contributed by atoms with E-state index in [1.165, 1.54) is 11.3 Å². The number of amides is 1. The van der Waals surface area contributed by atoms with E-state index in [4.69, 9.17) is 5.73 Å². The summed E-state index contributed by atoms with van der Waals surface area (Å²) in [4.78, 5) is 23.1. The molecule has 2 aromatic heterocycles. The molecule has 3 N–H and O–H groups in total. The van der Waals surface area contributed by atoms with Crippen molar-refractivity contribution in [3.05, 3.63) is 40.7 Å². The van der Waals surface area contributed by atoms with Crippen molar-refractivity contribution in [3.8, 4) is 0 Å². The number of carbonyl (C=O) groups excluding carboxylic acids is 1. The molecule has 0 spiro atoms. The highest BCUT2D eigenvalue weighted by Gasteiger charge is 2.31. The standard InChI is InChI=1S/C18H21N5OS/c1-10(16-21-12-7-3-4-8-13(12)23(16)2)20-17(24)11-6-5-9-14-15(11)22-18(19)25-14/h3-4,7-8,10-11H,5-6,9H2,1-2H3,(H2,19,22)(H,20,24). The van der Waals surface area contributed by atoms with E-state index in [9.17, 15) is 4.79 Å². The Balaban J connectivity index is 1.57. The summed E-state index contributed by atoms with van der Waals surface area (Å²) in [7, 11) is 1.98. The van der Waals surface area contributed by atoms with Crippen molar-refractivity contribution in [1.82, 2.24) is 19.9 Å². The fraction of sp³-hybridized carbons (Fsp3) is 0.389. The lowest BCUT2D eigenvalue weighted by Crippen LogP contribution is -2.34. The van der Waals surface area contributed by atoms with Crippen molar-refractivity contribution in [2.24, 2.45) is 7.05 Å². The molecule has 1 aromatic carbocycles. The Kier molecular flexibility index (Phi) is 3.95. The molecule has 0 saturated heterocycles. The van der Waals surface area contributed by atoms with Gasteiger partial charge in [-0.25, -0.2) is 9.97 Å². The van der Waals surface area contributed by atoms with Crippen molar-refractivity contribution in [3.63, 3.8) is 0 Å². The number of nitrogen functional groups attached to an aromatic ring is 1. The van der Waals surface area contributed by atoms with Gasteiger partial charge >= 0.3 is 0 Å². The molecule has 4 rings (SSSR count). The number of hydrogen-bond donors (Lipinski definition) is 2. The summed E-state index contributed by atoms with van der Waals surface area (Å²) < 4.78 is 2.04. The van der Waals surface area contributed by atoms with Crippen molar-refractivity contribution in [2.75, 3.05) is 5.73 Å². The van der Waals surface area contributed by atoms with Gasteiger partial charge in [-0.05, 0) is 38.3 Å². The van der Waals surface area contributed by atoms with E-state index >= 15 is 0 Å². The third kappa shape index (κ3) is 2.78. The lowest BCUT2D eigenvalue weighted by atomic mass is 9.90. The SMILES string of the molecule is CC(NC(=O)C1CCCc2sc(N)nc21)c1nc2ccccc2n1C. The lowest BCUT2D eigenvalue weighted by molar-refractivity contribution is -0.123. The number of carbonyl (C=O) groups is 1. The molecule has 2 atom stereocenters. The minimum atomic E-state index is -0.213. The Hall–Kier alpha value is -2.41. The van der Waals surface area contributed by atoms with Gasteiger partial charge in [0.05, 0.1) is 28.7 Å². The van der Waals surface area contributed by atoms with E-state index in [0.29, 0.717) is 5.13 Å². The number of rotatable bonds is 3. The van der Waals surface area contributed by atoms with E-state index in [-0.39, 0.29) is 17.9 Å². The van der Waals surface area contributed by atoms with Crippen LogP contribution in [0.1, 0.15) is 48.1 Å². The molecule has 7 heteroatoms. The summed E-state index contributed by atoms with van der Waals surface area (Å²) in [6.07, 6.45) is 2.78. The highest BCUT2D eigenvalue weighted by molar-refractivity contribution is 7.15. The molecule has 0 bridgehead atoms. The predicted molar refractivity (Wildman–Crippen MR) is 99.5 cm³/mol. The first-order valence-corrected chi connectivity index (χ1v) is 9.33. The molecule has 2 unspecified atom stereocenters. The minimum absolute atomic E-state index is 0.00538. The summed E-state index contributed by atoms with van der Waals surface area (Å²) in [5, 5.41) is 3.67. The van der Waals surface area contributed by atoms with Crippen LogP contribution in [0, 0.1) is 0 Å². The number of anilines is 1. The maximum Gasteiger partial charge on any atom is 0.229 e. The summed E-state index contributed by atoms with van der Waals surface area (Å²) in [6, 6.07) is 7.81. The van der Waals surface area contributed by atoms with E-state index in [1.807, 2.05) is 42.8 Å². The van der Waals surface area contributed by atoms with Crippen LogP contribution in [0.2, 0.25) is 0 Å². The number of nitrogens with two attached hydrogens (primary N) is 1. The summed E-state index contributed by atoms with van der Waals surface area (Å²) in [5.74, 6) is 0.642. The quantitative estimate of drug-likeness (QED) is 0.756. The van der Waals surface area contributed by atoms with E-state index in [1.54, 1.807) is 0 Å². The molecule has 1 amide bonds. The number of para-hydroxylation sites is 2. The van der Waals surface area contributed by atoms with Crippen molar-refractivity contribution in [2.45, 2.75) is 38.1 Å². The number of nitrogens with zero attached hydrogens (tertiary/aromatic N) is 3. The molecule has 130 valence electrons. The van der Waals surface area contributed by atoms with Crippen LogP contribution in [0.25, 0.3) is 11.0 Å². The van der Waals surface area contributed by atoms with Crippen molar-refractivity contribution < 1.29 is 4.79 Å². The van der Waals surface area contributed by atoms with Gasteiger partial charge in [0.2, 0.25) is 5.91 Å². The lowest BCUT2D eigenvalue weighted by Gasteiger charge is -2.22. The molecule has 1 aliphatic carbocycles. The maximum atomic E-state index is 12.9. The maximum absolute atomic E-state index is 12.9. The Labute approximate surface area is 150 Å². The number of thiazole rings is 1. The fourth-order valence-corrected chi connectivity index (χ4v) is 4.56. The largest absolute Gasteiger partial charge is 0.375 e. The fourth-order valence-electron chi connectivity index (χ4n) is 3.62. The van der Waals surface area contributed by atoms with Gasteiger partial charge in [0.1, 0.15) is 5.82 Å². The first-order valence-electron chi connectivity index (χ1n) is 8.51. The van der Waals surface area contributed by atoms with Gasteiger partial charge in [0.25, 0.3) is 0 Å². The molecule has 6 nitrogen and oxygen atoms in total. The second-order valence-corrected chi connectivity index (χ2v) is 7.67. The number of aromatic nitrogens is 3. The summed E-state index contributed by atoms with van der Waals surface area (Å²) in [5.41, 5.74) is 8.70. The highest BCUT2D eigenvalue weighted by atomic mass is 32.1. The van der Waals surface area contributed by atoms with Gasteiger partial charge in [-0.15, -0.1) is 11.3 Å². The Morgan fingerprint density at radius 2 is 2.20 bits per heavy atom. The smallest absolute Gasteiger partial charge is 0.229 e. The van der Waals surface area contributed by atoms with Crippen LogP contribution >= 0.6 is 11.3 Å². The zero-order chi connectivity index (χ0) is 17.6. The first kappa shape index (κ1) is 16.1. The molecule has 0 saturated carbocycles. The predicted octanol–water partition coefficient (Wildman–Crippen LogP) is 2.91. The monoisotopic (exact) mass is 355 g/mol. The first-order chi connectivity index (χ1) is 12.0. The molecule has 0 fully saturated rings. The third-order valence-corrected chi connectivity index (χ3v) is 5.82. The number of aryl methyl sites for hydroxylation is 2. The van der Waals surface area contributed by atoms with Crippen LogP contribution in [0.4, 0.5) is 5.13 Å². The molecule has 3 aromatic rings. The Morgan fingerprint density at radius 3 is 3.00 bits per heavy atom.